The summed E-state index contributed by atoms with van der Waals surface area (Å²) in [5.41, 5.74) is 2.47. The van der Waals surface area contributed by atoms with E-state index in [2.05, 4.69) is 4.98 Å². The molecule has 0 N–H and O–H groups in total. The Morgan fingerprint density at radius 2 is 1.77 bits per heavy atom. The van der Waals surface area contributed by atoms with Crippen molar-refractivity contribution < 1.29 is 31.5 Å². The van der Waals surface area contributed by atoms with Gasteiger partial charge in [-0.1, -0.05) is 18.2 Å². The van der Waals surface area contributed by atoms with Gasteiger partial charge in [-0.05, 0) is 47.5 Å². The summed E-state index contributed by atoms with van der Waals surface area (Å²) in [6, 6.07) is 14.1. The van der Waals surface area contributed by atoms with Crippen LogP contribution in [0, 0.1) is 11.6 Å². The number of halogens is 2. The molecular weight excluding hydrogens is 528 g/mol. The number of carbonyl (C=O) groups excluding carboxylic acids is 1. The number of amides is 1. The van der Waals surface area contributed by atoms with Gasteiger partial charge in [-0.15, -0.1) is 0 Å². The van der Waals surface area contributed by atoms with Crippen LogP contribution in [0.25, 0.3) is 10.9 Å². The van der Waals surface area contributed by atoms with Crippen LogP contribution in [0.3, 0.4) is 0 Å². The quantitative estimate of drug-likeness (QED) is 0.316. The zero-order valence-electron chi connectivity index (χ0n) is 21.4. The van der Waals surface area contributed by atoms with Gasteiger partial charge in [0.05, 0.1) is 24.6 Å². The van der Waals surface area contributed by atoms with Gasteiger partial charge in [0.15, 0.2) is 17.4 Å². The highest BCUT2D eigenvalue weighted by atomic mass is 32.2. The average Bonchev–Trinajstić information content (AvgIpc) is 3.23. The second-order valence-corrected chi connectivity index (χ2v) is 11.2. The minimum atomic E-state index is -3.72. The Hall–Kier alpha value is -4.25. The van der Waals surface area contributed by atoms with E-state index >= 15 is 0 Å². The molecule has 1 aliphatic heterocycles. The second-order valence-electron chi connectivity index (χ2n) is 9.21. The summed E-state index contributed by atoms with van der Waals surface area (Å²) in [4.78, 5) is 19.7. The highest BCUT2D eigenvalue weighted by Gasteiger charge is 2.38. The van der Waals surface area contributed by atoms with E-state index in [1.54, 1.807) is 31.4 Å². The summed E-state index contributed by atoms with van der Waals surface area (Å²) in [5.74, 6) is -1.54. The van der Waals surface area contributed by atoms with Gasteiger partial charge in [0.1, 0.15) is 17.9 Å². The van der Waals surface area contributed by atoms with Crippen LogP contribution >= 0.6 is 0 Å². The monoisotopic (exact) mass is 553 g/mol. The number of fused-ring (bicyclic) bond motifs is 2. The van der Waals surface area contributed by atoms with Crippen molar-refractivity contribution in [2.75, 3.05) is 24.7 Å². The van der Waals surface area contributed by atoms with E-state index in [-0.39, 0.29) is 31.0 Å². The third-order valence-corrected chi connectivity index (χ3v) is 7.83. The molecule has 1 aromatic heterocycles. The van der Waals surface area contributed by atoms with E-state index in [0.717, 1.165) is 28.3 Å². The Bertz CT molecular complexity index is 1690. The molecule has 0 unspecified atom stereocenters. The molecule has 0 fully saturated rings. The van der Waals surface area contributed by atoms with Gasteiger partial charge in [-0.2, -0.15) is 0 Å². The lowest BCUT2D eigenvalue weighted by atomic mass is 10.0. The molecule has 0 spiro atoms. The van der Waals surface area contributed by atoms with Crippen molar-refractivity contribution in [3.63, 3.8) is 0 Å². The molecular formula is C28H25F2N3O5S. The van der Waals surface area contributed by atoms with Gasteiger partial charge in [-0.3, -0.25) is 14.1 Å². The number of hydrogen-bond acceptors (Lipinski definition) is 6. The van der Waals surface area contributed by atoms with E-state index in [1.807, 2.05) is 12.1 Å². The Labute approximate surface area is 224 Å². The first-order valence-corrected chi connectivity index (χ1v) is 13.8. The molecule has 2 heterocycles. The summed E-state index contributed by atoms with van der Waals surface area (Å²) < 4.78 is 65.2. The molecule has 39 heavy (non-hydrogen) atoms. The van der Waals surface area contributed by atoms with Gasteiger partial charge in [-0.25, -0.2) is 17.2 Å². The van der Waals surface area contributed by atoms with E-state index < -0.39 is 27.6 Å². The molecule has 3 aromatic carbocycles. The van der Waals surface area contributed by atoms with E-state index in [9.17, 15) is 22.0 Å². The molecule has 8 nitrogen and oxygen atoms in total. The number of ether oxygens (including phenoxy) is 2. The highest BCUT2D eigenvalue weighted by molar-refractivity contribution is 7.92. The Kier molecular flexibility index (Phi) is 6.85. The average molecular weight is 554 g/mol. The van der Waals surface area contributed by atoms with Gasteiger partial charge < -0.3 is 14.4 Å². The maximum absolute atomic E-state index is 13.9. The Balaban J connectivity index is 1.63. The van der Waals surface area contributed by atoms with Gasteiger partial charge in [0.25, 0.3) is 5.91 Å². The summed E-state index contributed by atoms with van der Waals surface area (Å²) in [5, 5.41) is 0.497. The van der Waals surface area contributed by atoms with Gasteiger partial charge >= 0.3 is 0 Å². The van der Waals surface area contributed by atoms with Crippen molar-refractivity contribution in [3.05, 3.63) is 94.7 Å². The normalized spacial score (nSPS) is 13.1. The Morgan fingerprint density at radius 3 is 2.44 bits per heavy atom. The lowest BCUT2D eigenvalue weighted by Gasteiger charge is -2.23. The first-order valence-electron chi connectivity index (χ1n) is 11.9. The predicted octanol–water partition coefficient (Wildman–Crippen LogP) is 4.65. The zero-order chi connectivity index (χ0) is 27.9. The summed E-state index contributed by atoms with van der Waals surface area (Å²) in [6.07, 6.45) is 2.61. The van der Waals surface area contributed by atoms with Crippen LogP contribution in [-0.4, -0.2) is 44.6 Å². The molecule has 11 heteroatoms. The molecule has 0 bridgehead atoms. The van der Waals surface area contributed by atoms with Crippen molar-refractivity contribution >= 4 is 32.5 Å². The molecule has 0 atom stereocenters. The van der Waals surface area contributed by atoms with Crippen LogP contribution in [-0.2, 0) is 29.7 Å². The number of pyridine rings is 1. The maximum Gasteiger partial charge on any atom is 0.258 e. The number of anilines is 1. The highest BCUT2D eigenvalue weighted by Crippen LogP contribution is 2.45. The first-order chi connectivity index (χ1) is 18.6. The smallest absolute Gasteiger partial charge is 0.258 e. The van der Waals surface area contributed by atoms with Crippen molar-refractivity contribution in [3.8, 4) is 11.5 Å². The Morgan fingerprint density at radius 1 is 1.05 bits per heavy atom. The minimum absolute atomic E-state index is 0.0194. The van der Waals surface area contributed by atoms with Crippen molar-refractivity contribution in [2.45, 2.75) is 19.7 Å². The lowest BCUT2D eigenvalue weighted by molar-refractivity contribution is 0.0763. The molecule has 0 aliphatic carbocycles. The largest absolute Gasteiger partial charge is 0.497 e. The maximum atomic E-state index is 13.9. The topological polar surface area (TPSA) is 89.0 Å². The van der Waals surface area contributed by atoms with E-state index in [1.165, 1.54) is 24.2 Å². The lowest BCUT2D eigenvalue weighted by Crippen LogP contribution is -2.26. The third kappa shape index (κ3) is 4.97. The second kappa shape index (κ2) is 10.1. The number of benzene rings is 3. The molecule has 0 radical (unpaired) electrons. The fraction of sp³-hybridized carbons (Fsp3) is 0.214. The molecule has 4 aromatic rings. The van der Waals surface area contributed by atoms with Gasteiger partial charge in [0, 0.05) is 37.3 Å². The fourth-order valence-electron chi connectivity index (χ4n) is 4.64. The number of methoxy groups -OCH3 is 1. The van der Waals surface area contributed by atoms with Crippen LogP contribution in [0.4, 0.5) is 14.5 Å². The third-order valence-electron chi connectivity index (χ3n) is 6.65. The minimum Gasteiger partial charge on any atom is -0.497 e. The van der Waals surface area contributed by atoms with E-state index in [0.29, 0.717) is 33.5 Å². The number of sulfonamides is 1. The first kappa shape index (κ1) is 26.4. The number of rotatable bonds is 8. The zero-order valence-corrected chi connectivity index (χ0v) is 22.3. The summed E-state index contributed by atoms with van der Waals surface area (Å²) in [6.45, 7) is 0.125. The van der Waals surface area contributed by atoms with Crippen LogP contribution in [0.5, 0.6) is 11.5 Å². The number of aromatic nitrogens is 1. The van der Waals surface area contributed by atoms with Crippen LogP contribution < -0.4 is 13.8 Å². The van der Waals surface area contributed by atoms with Crippen molar-refractivity contribution in [1.29, 1.82) is 0 Å². The molecule has 202 valence electrons. The standard InChI is InChI=1S/C28H25F2N3O5S/c1-32(39(3,35)36)26-20-5-4-12-31-25(20)27(38-16-17-6-9-19(37-2)10-7-17)24-21(26)15-33(28(24)34)14-18-8-11-22(29)23(30)13-18/h4-13H,14-16H2,1-3H3. The number of carbonyl (C=O) groups is 1. The van der Waals surface area contributed by atoms with Crippen molar-refractivity contribution in [2.24, 2.45) is 0 Å². The molecule has 0 saturated carbocycles. The van der Waals surface area contributed by atoms with Crippen molar-refractivity contribution in [1.82, 2.24) is 9.88 Å². The predicted molar refractivity (Wildman–Crippen MR) is 142 cm³/mol. The van der Waals surface area contributed by atoms with Crippen LogP contribution in [0.1, 0.15) is 27.0 Å². The molecule has 0 saturated heterocycles. The number of hydrogen-bond donors (Lipinski definition) is 0. The fourth-order valence-corrected chi connectivity index (χ4v) is 5.18. The number of nitrogens with zero attached hydrogens (tertiary/aromatic N) is 3. The van der Waals surface area contributed by atoms with Crippen LogP contribution in [0.15, 0.2) is 60.8 Å². The SMILES string of the molecule is COc1ccc(COc2c3c(c(N(C)S(C)(=O)=O)c4cccnc24)CN(Cc2ccc(F)c(F)c2)C3=O)cc1. The summed E-state index contributed by atoms with van der Waals surface area (Å²) in [7, 11) is -0.733. The van der Waals surface area contributed by atoms with Crippen LogP contribution in [0.2, 0.25) is 0 Å². The van der Waals surface area contributed by atoms with Gasteiger partial charge in [0.2, 0.25) is 10.0 Å². The molecule has 5 rings (SSSR count). The molecule has 1 aliphatic rings. The molecule has 1 amide bonds. The summed E-state index contributed by atoms with van der Waals surface area (Å²) >= 11 is 0. The van der Waals surface area contributed by atoms with E-state index in [4.69, 9.17) is 9.47 Å².